The molecule has 1 saturated heterocycles. The van der Waals surface area contributed by atoms with Crippen molar-refractivity contribution in [3.63, 3.8) is 0 Å². The third-order valence-corrected chi connectivity index (χ3v) is 4.97. The summed E-state index contributed by atoms with van der Waals surface area (Å²) >= 11 is 0. The number of benzene rings is 1. The van der Waals surface area contributed by atoms with Crippen LogP contribution >= 0.6 is 0 Å². The van der Waals surface area contributed by atoms with Gasteiger partial charge in [-0.2, -0.15) is 0 Å². The van der Waals surface area contributed by atoms with Crippen LogP contribution in [-0.2, 0) is 25.8 Å². The number of aliphatic hydroxyl groups is 2. The lowest BCUT2D eigenvalue weighted by atomic mass is 9.81. The van der Waals surface area contributed by atoms with Gasteiger partial charge in [-0.05, 0) is 24.8 Å². The lowest BCUT2D eigenvalue weighted by molar-refractivity contribution is -0.251. The number of amides is 1. The van der Waals surface area contributed by atoms with Crippen LogP contribution in [0.15, 0.2) is 30.3 Å². The first-order valence-corrected chi connectivity index (χ1v) is 8.84. The Morgan fingerprint density at radius 3 is 2.54 bits per heavy atom. The van der Waals surface area contributed by atoms with Crippen molar-refractivity contribution in [3.8, 4) is 0 Å². The minimum Gasteiger partial charge on any atom is -0.371 e. The van der Waals surface area contributed by atoms with Crippen LogP contribution in [0.5, 0.6) is 0 Å². The number of methoxy groups -OCH3 is 1. The van der Waals surface area contributed by atoms with E-state index in [9.17, 15) is 19.8 Å². The van der Waals surface area contributed by atoms with Gasteiger partial charge in [-0.25, -0.2) is 5.06 Å². The van der Waals surface area contributed by atoms with E-state index in [1.165, 1.54) is 12.2 Å². The van der Waals surface area contributed by atoms with Crippen LogP contribution in [-0.4, -0.2) is 52.5 Å². The number of hydrogen-bond acceptors (Lipinski definition) is 6. The van der Waals surface area contributed by atoms with E-state index in [2.05, 4.69) is 0 Å². The molecular weight excluding hydrogens is 338 g/mol. The van der Waals surface area contributed by atoms with E-state index in [4.69, 9.17) is 9.57 Å². The Bertz CT molecular complexity index is 593. The van der Waals surface area contributed by atoms with Crippen molar-refractivity contribution in [2.45, 2.75) is 57.1 Å². The Balaban J connectivity index is 1.99. The normalized spacial score (nSPS) is 22.2. The smallest absolute Gasteiger partial charge is 0.251 e. The van der Waals surface area contributed by atoms with Crippen molar-refractivity contribution >= 4 is 12.2 Å². The van der Waals surface area contributed by atoms with Crippen LogP contribution in [0.25, 0.3) is 0 Å². The number of carbonyl (C=O) groups excluding carboxylic acids is 2. The highest BCUT2D eigenvalue weighted by Gasteiger charge is 2.48. The average molecular weight is 365 g/mol. The fraction of sp³-hybridized carbons (Fsp3) is 0.579. The monoisotopic (exact) mass is 365 g/mol. The molecule has 0 aromatic heterocycles. The molecule has 3 atom stereocenters. The van der Waals surface area contributed by atoms with Crippen molar-refractivity contribution < 1.29 is 29.4 Å². The Labute approximate surface area is 153 Å². The number of ether oxygens (including phenoxy) is 1. The van der Waals surface area contributed by atoms with Gasteiger partial charge >= 0.3 is 0 Å². The first kappa shape index (κ1) is 20.5. The van der Waals surface area contributed by atoms with Crippen LogP contribution in [0.4, 0.5) is 0 Å². The number of aldehydes is 1. The molecule has 26 heavy (non-hydrogen) atoms. The SMILES string of the molecule is CCC1C(=O)N(OCc2ccccc2)C1CCC(C=O)(CC(O)O)OC. The largest absolute Gasteiger partial charge is 0.371 e. The summed E-state index contributed by atoms with van der Waals surface area (Å²) in [5.74, 6) is -0.226. The maximum atomic E-state index is 12.3. The van der Waals surface area contributed by atoms with Gasteiger partial charge in [0, 0.05) is 13.5 Å². The molecule has 0 bridgehead atoms. The second-order valence-corrected chi connectivity index (χ2v) is 6.62. The molecule has 1 fully saturated rings. The second kappa shape index (κ2) is 9.23. The maximum absolute atomic E-state index is 12.3. The van der Waals surface area contributed by atoms with Gasteiger partial charge in [0.1, 0.15) is 12.2 Å². The zero-order valence-electron chi connectivity index (χ0n) is 15.2. The summed E-state index contributed by atoms with van der Waals surface area (Å²) < 4.78 is 5.24. The highest BCUT2D eigenvalue weighted by molar-refractivity contribution is 5.84. The van der Waals surface area contributed by atoms with E-state index < -0.39 is 11.9 Å². The zero-order chi connectivity index (χ0) is 19.2. The van der Waals surface area contributed by atoms with E-state index in [0.717, 1.165) is 5.56 Å². The third kappa shape index (κ3) is 4.67. The minimum atomic E-state index is -1.64. The fourth-order valence-electron chi connectivity index (χ4n) is 3.36. The van der Waals surface area contributed by atoms with Crippen molar-refractivity contribution in [1.29, 1.82) is 0 Å². The number of β-lactam (4-membered cyclic amide) rings is 1. The summed E-state index contributed by atoms with van der Waals surface area (Å²) in [5, 5.41) is 19.8. The number of aliphatic hydroxyl groups excluding tert-OH is 1. The van der Waals surface area contributed by atoms with Gasteiger partial charge in [0.15, 0.2) is 12.6 Å². The molecule has 2 rings (SSSR count). The van der Waals surface area contributed by atoms with Gasteiger partial charge in [-0.1, -0.05) is 37.3 Å². The Hall–Kier alpha value is -1.80. The van der Waals surface area contributed by atoms with E-state index in [-0.39, 0.29) is 37.3 Å². The summed E-state index contributed by atoms with van der Waals surface area (Å²) in [7, 11) is 1.36. The van der Waals surface area contributed by atoms with Crippen molar-refractivity contribution in [3.05, 3.63) is 35.9 Å². The number of nitrogens with zero attached hydrogens (tertiary/aromatic N) is 1. The van der Waals surface area contributed by atoms with E-state index in [1.54, 1.807) is 0 Å². The van der Waals surface area contributed by atoms with Crippen molar-refractivity contribution in [2.24, 2.45) is 5.92 Å². The molecule has 7 heteroatoms. The lowest BCUT2D eigenvalue weighted by Gasteiger charge is -2.46. The third-order valence-electron chi connectivity index (χ3n) is 4.97. The molecular formula is C19H27NO6. The summed E-state index contributed by atoms with van der Waals surface area (Å²) in [6.07, 6.45) is 0.162. The number of hydroxylamine groups is 2. The summed E-state index contributed by atoms with van der Waals surface area (Å²) in [6.45, 7) is 2.23. The average Bonchev–Trinajstić information content (AvgIpc) is 2.64. The lowest BCUT2D eigenvalue weighted by Crippen LogP contribution is -2.60. The highest BCUT2D eigenvalue weighted by atomic mass is 16.7. The number of carbonyl (C=O) groups is 2. The quantitative estimate of drug-likeness (QED) is 0.350. The van der Waals surface area contributed by atoms with Crippen LogP contribution < -0.4 is 0 Å². The maximum Gasteiger partial charge on any atom is 0.251 e. The minimum absolute atomic E-state index is 0.0651. The molecule has 1 heterocycles. The molecule has 2 N–H and O–H groups in total. The molecule has 0 radical (unpaired) electrons. The summed E-state index contributed by atoms with van der Waals surface area (Å²) in [4.78, 5) is 29.4. The molecule has 0 spiro atoms. The van der Waals surface area contributed by atoms with Crippen LogP contribution in [0.3, 0.4) is 0 Å². The van der Waals surface area contributed by atoms with E-state index in [1.807, 2.05) is 37.3 Å². The van der Waals surface area contributed by atoms with Crippen molar-refractivity contribution in [2.75, 3.05) is 7.11 Å². The Morgan fingerprint density at radius 2 is 2.00 bits per heavy atom. The molecule has 1 amide bonds. The van der Waals surface area contributed by atoms with Gasteiger partial charge in [-0.3, -0.25) is 9.63 Å². The molecule has 1 aliphatic heterocycles. The molecule has 1 aromatic carbocycles. The number of hydrogen-bond donors (Lipinski definition) is 2. The molecule has 0 saturated carbocycles. The standard InChI is InChI=1S/C19H27NO6/c1-3-15-16(9-10-19(13-21,25-2)11-17(22)23)20(18(15)24)26-12-14-7-5-4-6-8-14/h4-8,13,15-17,22-23H,3,9-12H2,1-2H3. The van der Waals surface area contributed by atoms with Gasteiger partial charge in [0.05, 0.1) is 12.0 Å². The van der Waals surface area contributed by atoms with Gasteiger partial charge in [0.2, 0.25) is 0 Å². The fourth-order valence-corrected chi connectivity index (χ4v) is 3.36. The first-order chi connectivity index (χ1) is 12.5. The zero-order valence-corrected chi connectivity index (χ0v) is 15.2. The molecule has 3 unspecified atom stereocenters. The van der Waals surface area contributed by atoms with E-state index in [0.29, 0.717) is 19.1 Å². The molecule has 1 aliphatic rings. The van der Waals surface area contributed by atoms with E-state index >= 15 is 0 Å². The van der Waals surface area contributed by atoms with Gasteiger partial charge < -0.3 is 19.7 Å². The molecule has 1 aromatic rings. The molecule has 7 nitrogen and oxygen atoms in total. The molecule has 144 valence electrons. The summed E-state index contributed by atoms with van der Waals surface area (Å²) in [6, 6.07) is 9.39. The topological polar surface area (TPSA) is 96.3 Å². The van der Waals surface area contributed by atoms with Crippen LogP contribution in [0.2, 0.25) is 0 Å². The Morgan fingerprint density at radius 1 is 1.31 bits per heavy atom. The Kier molecular flexibility index (Phi) is 7.28. The second-order valence-electron chi connectivity index (χ2n) is 6.62. The predicted octanol–water partition coefficient (Wildman–Crippen LogP) is 1.42. The van der Waals surface area contributed by atoms with Crippen LogP contribution in [0, 0.1) is 5.92 Å². The van der Waals surface area contributed by atoms with Crippen LogP contribution in [0.1, 0.15) is 38.2 Å². The van der Waals surface area contributed by atoms with Gasteiger partial charge in [-0.15, -0.1) is 0 Å². The molecule has 0 aliphatic carbocycles. The first-order valence-electron chi connectivity index (χ1n) is 8.84. The summed E-state index contributed by atoms with van der Waals surface area (Å²) in [5.41, 5.74) is -0.322. The van der Waals surface area contributed by atoms with Crippen molar-refractivity contribution in [1.82, 2.24) is 5.06 Å². The highest BCUT2D eigenvalue weighted by Crippen LogP contribution is 2.35. The number of rotatable bonds is 11. The predicted molar refractivity (Wildman–Crippen MR) is 93.5 cm³/mol. The van der Waals surface area contributed by atoms with Gasteiger partial charge in [0.25, 0.3) is 5.91 Å².